The van der Waals surface area contributed by atoms with Crippen molar-refractivity contribution in [1.29, 1.82) is 0 Å². The van der Waals surface area contributed by atoms with Crippen molar-refractivity contribution in [2.45, 2.75) is 44.8 Å². The zero-order valence-corrected chi connectivity index (χ0v) is 8.89. The molecule has 102 valence electrons. The van der Waals surface area contributed by atoms with Crippen molar-refractivity contribution < 1.29 is 38.4 Å². The molecule has 0 heterocycles. The van der Waals surface area contributed by atoms with Gasteiger partial charge >= 0.3 is 5.97 Å². The second-order valence-corrected chi connectivity index (χ2v) is 3.99. The fraction of sp³-hybridized carbons (Fsp3) is 0.889. The molecule has 0 radical (unpaired) electrons. The molecular weight excluding hydrogens is 245 g/mol. The van der Waals surface area contributed by atoms with E-state index in [-0.39, 0.29) is 0 Å². The van der Waals surface area contributed by atoms with E-state index in [9.17, 15) is 18.0 Å². The van der Waals surface area contributed by atoms with E-state index in [1.165, 1.54) is 0 Å². The van der Waals surface area contributed by atoms with Crippen LogP contribution in [0.2, 0.25) is 0 Å². The van der Waals surface area contributed by atoms with Crippen LogP contribution in [0.3, 0.4) is 0 Å². The van der Waals surface area contributed by atoms with E-state index >= 15 is 0 Å². The van der Waals surface area contributed by atoms with Crippen LogP contribution >= 0.6 is 0 Å². The van der Waals surface area contributed by atoms with Crippen LogP contribution < -0.4 is 0 Å². The van der Waals surface area contributed by atoms with Gasteiger partial charge < -0.3 is 20.4 Å². The third-order valence-corrected chi connectivity index (χ3v) is 2.33. The summed E-state index contributed by atoms with van der Waals surface area (Å²) >= 11 is 0. The highest BCUT2D eigenvalue weighted by Gasteiger charge is 2.39. The molecule has 0 amide bonds. The second kappa shape index (κ2) is 6.77. The number of carboxylic acids is 1. The van der Waals surface area contributed by atoms with Crippen LogP contribution in [0.4, 0.5) is 13.2 Å². The van der Waals surface area contributed by atoms with Crippen LogP contribution in [0.5, 0.6) is 0 Å². The van der Waals surface area contributed by atoms with Gasteiger partial charge in [-0.15, -0.1) is 0 Å². The van der Waals surface area contributed by atoms with Crippen molar-refractivity contribution in [2.24, 2.45) is 5.41 Å². The predicted octanol–water partition coefficient (Wildman–Crippen LogP) is 0.481. The first-order valence-electron chi connectivity index (χ1n) is 4.85. The van der Waals surface area contributed by atoms with Gasteiger partial charge in [0, 0.05) is 19.3 Å². The van der Waals surface area contributed by atoms with Crippen LogP contribution in [0.25, 0.3) is 0 Å². The van der Waals surface area contributed by atoms with Gasteiger partial charge in [0.1, 0.15) is 0 Å². The number of rotatable bonds is 8. The smallest absolute Gasteiger partial charge is 0.303 e. The Kier molecular flexibility index (Phi) is 6.43. The third kappa shape index (κ3) is 7.14. The van der Waals surface area contributed by atoms with Crippen molar-refractivity contribution in [3.8, 4) is 0 Å². The number of alkyl halides is 3. The number of aliphatic carboxylic acids is 1. The fourth-order valence-electron chi connectivity index (χ4n) is 1.86. The molecule has 5 nitrogen and oxygen atoms in total. The van der Waals surface area contributed by atoms with Crippen molar-refractivity contribution in [3.63, 3.8) is 0 Å². The normalized spacial score (nSPS) is 20.4. The Morgan fingerprint density at radius 1 is 0.941 bits per heavy atom. The van der Waals surface area contributed by atoms with Crippen LogP contribution in [-0.2, 0) is 4.79 Å². The summed E-state index contributed by atoms with van der Waals surface area (Å²) in [5.41, 5.74) is -1.89. The van der Waals surface area contributed by atoms with Gasteiger partial charge in [-0.3, -0.25) is 4.79 Å². The van der Waals surface area contributed by atoms with Crippen LogP contribution in [0, 0.1) is 5.41 Å². The summed E-state index contributed by atoms with van der Waals surface area (Å²) in [6.45, 7) is 0. The lowest BCUT2D eigenvalue weighted by Gasteiger charge is -2.32. The maximum atomic E-state index is 12.5. The highest BCUT2D eigenvalue weighted by atomic mass is 19.2. The Morgan fingerprint density at radius 3 is 1.41 bits per heavy atom. The van der Waals surface area contributed by atoms with E-state index in [0.717, 1.165) is 0 Å². The molecule has 0 spiro atoms. The highest BCUT2D eigenvalue weighted by molar-refractivity contribution is 5.67. The third-order valence-electron chi connectivity index (χ3n) is 2.33. The number of hydrogen-bond donors (Lipinski definition) is 4. The van der Waals surface area contributed by atoms with Crippen molar-refractivity contribution >= 4 is 5.97 Å². The summed E-state index contributed by atoms with van der Waals surface area (Å²) in [7, 11) is 0. The van der Waals surface area contributed by atoms with E-state index in [2.05, 4.69) is 0 Å². The summed E-state index contributed by atoms with van der Waals surface area (Å²) in [6.07, 6.45) is -11.0. The number of carbonyl (C=O) groups is 1. The summed E-state index contributed by atoms with van der Waals surface area (Å²) in [5.74, 6) is -1.48. The molecule has 0 aromatic rings. The molecule has 0 aromatic carbocycles. The molecule has 4 N–H and O–H groups in total. The van der Waals surface area contributed by atoms with E-state index in [1.54, 1.807) is 0 Å². The number of aliphatic hydroxyl groups excluding tert-OH is 3. The lowest BCUT2D eigenvalue weighted by Crippen LogP contribution is -2.34. The van der Waals surface area contributed by atoms with E-state index < -0.39 is 56.1 Å². The standard InChI is InChI=1S/C9H15F3O5/c10-5(13)1-9(2-6(11)14,3-7(12)15)4-8(16)17/h5-7,13-15H,1-4H2,(H,16,17). The lowest BCUT2D eigenvalue weighted by molar-refractivity contribution is -0.145. The van der Waals surface area contributed by atoms with Crippen LogP contribution in [-0.4, -0.2) is 45.5 Å². The van der Waals surface area contributed by atoms with Gasteiger partial charge in [0.25, 0.3) is 0 Å². The number of halogens is 3. The summed E-state index contributed by atoms with van der Waals surface area (Å²) in [5, 5.41) is 34.3. The molecule has 0 aliphatic carbocycles. The molecule has 8 heteroatoms. The Labute approximate surface area is 95.5 Å². The van der Waals surface area contributed by atoms with Gasteiger partial charge in [0.05, 0.1) is 6.42 Å². The monoisotopic (exact) mass is 260 g/mol. The largest absolute Gasteiger partial charge is 0.481 e. The minimum Gasteiger partial charge on any atom is -0.481 e. The van der Waals surface area contributed by atoms with E-state index in [1.807, 2.05) is 0 Å². The first-order chi connectivity index (χ1) is 7.67. The topological polar surface area (TPSA) is 98.0 Å². The minimum absolute atomic E-state index is 0.879. The summed E-state index contributed by atoms with van der Waals surface area (Å²) < 4.78 is 37.5. The molecular formula is C9H15F3O5. The highest BCUT2D eigenvalue weighted by Crippen LogP contribution is 2.39. The SMILES string of the molecule is O=C(O)CC(CC(O)F)(CC(O)F)CC(O)F. The molecule has 0 aliphatic heterocycles. The molecule has 0 saturated heterocycles. The molecule has 17 heavy (non-hydrogen) atoms. The maximum absolute atomic E-state index is 12.5. The van der Waals surface area contributed by atoms with Crippen molar-refractivity contribution in [3.05, 3.63) is 0 Å². The molecule has 3 unspecified atom stereocenters. The Morgan fingerprint density at radius 2 is 1.24 bits per heavy atom. The minimum atomic E-state index is -2.49. The number of carboxylic acid groups (broad SMARTS) is 1. The van der Waals surface area contributed by atoms with E-state index in [4.69, 9.17) is 20.4 Å². The zero-order chi connectivity index (χ0) is 13.6. The van der Waals surface area contributed by atoms with Crippen LogP contribution in [0.1, 0.15) is 25.7 Å². The Balaban J connectivity index is 4.96. The molecule has 0 aromatic heterocycles. The molecule has 0 bridgehead atoms. The lowest BCUT2D eigenvalue weighted by atomic mass is 9.75. The van der Waals surface area contributed by atoms with Gasteiger partial charge in [0.2, 0.25) is 0 Å². The summed E-state index contributed by atoms with van der Waals surface area (Å²) in [6, 6.07) is 0. The zero-order valence-electron chi connectivity index (χ0n) is 8.89. The van der Waals surface area contributed by atoms with Crippen molar-refractivity contribution in [2.75, 3.05) is 0 Å². The fourth-order valence-corrected chi connectivity index (χ4v) is 1.86. The Bertz CT molecular complexity index is 218. The van der Waals surface area contributed by atoms with Gasteiger partial charge in [0.15, 0.2) is 19.1 Å². The average molecular weight is 260 g/mol. The van der Waals surface area contributed by atoms with Gasteiger partial charge in [-0.1, -0.05) is 0 Å². The molecule has 0 rings (SSSR count). The van der Waals surface area contributed by atoms with Crippen molar-refractivity contribution in [1.82, 2.24) is 0 Å². The number of aliphatic hydroxyl groups is 3. The average Bonchev–Trinajstić information content (AvgIpc) is 1.95. The molecule has 0 saturated carbocycles. The maximum Gasteiger partial charge on any atom is 0.303 e. The Hall–Kier alpha value is -0.860. The quantitative estimate of drug-likeness (QED) is 0.509. The molecule has 0 fully saturated rings. The molecule has 0 aliphatic rings. The van der Waals surface area contributed by atoms with Gasteiger partial charge in [-0.05, 0) is 5.41 Å². The predicted molar refractivity (Wildman–Crippen MR) is 49.9 cm³/mol. The second-order valence-electron chi connectivity index (χ2n) is 3.99. The van der Waals surface area contributed by atoms with E-state index in [0.29, 0.717) is 0 Å². The first kappa shape index (κ1) is 16.1. The van der Waals surface area contributed by atoms with Crippen LogP contribution in [0.15, 0.2) is 0 Å². The van der Waals surface area contributed by atoms with Gasteiger partial charge in [-0.25, -0.2) is 13.2 Å². The van der Waals surface area contributed by atoms with Gasteiger partial charge in [-0.2, -0.15) is 0 Å². The number of hydrogen-bond acceptors (Lipinski definition) is 4. The summed E-state index contributed by atoms with van der Waals surface area (Å²) in [4.78, 5) is 10.5. The first-order valence-corrected chi connectivity index (χ1v) is 4.85. The molecule has 3 atom stereocenters.